The molecule has 0 saturated carbocycles. The molecular weight excluding hydrogens is 383 g/mol. The van der Waals surface area contributed by atoms with Crippen LogP contribution in [-0.4, -0.2) is 48.9 Å². The molecule has 3 rings (SSSR count). The van der Waals surface area contributed by atoms with Crippen molar-refractivity contribution in [2.75, 3.05) is 38.7 Å². The van der Waals surface area contributed by atoms with E-state index < -0.39 is 0 Å². The number of halogens is 1. The number of hydrogen-bond acceptors (Lipinski definition) is 6. The Morgan fingerprint density at radius 1 is 1.30 bits per heavy atom. The van der Waals surface area contributed by atoms with Gasteiger partial charge in [-0.1, -0.05) is 5.92 Å². The lowest BCUT2D eigenvalue weighted by atomic mass is 10.2. The van der Waals surface area contributed by atoms with Crippen LogP contribution >= 0.6 is 0 Å². The van der Waals surface area contributed by atoms with E-state index in [4.69, 9.17) is 5.11 Å². The number of anilines is 1. The maximum absolute atomic E-state index is 13.2. The minimum absolute atomic E-state index is 0.158. The first kappa shape index (κ1) is 21.0. The Labute approximate surface area is 174 Å². The normalized spacial score (nSPS) is 11.5. The number of aromatic amines is 1. The zero-order valence-corrected chi connectivity index (χ0v) is 16.9. The number of rotatable bonds is 7. The van der Waals surface area contributed by atoms with Gasteiger partial charge >= 0.3 is 0 Å². The van der Waals surface area contributed by atoms with Crippen LogP contribution in [0.1, 0.15) is 11.3 Å². The number of aliphatic hydroxyl groups excluding tert-OH is 1. The van der Waals surface area contributed by atoms with Crippen molar-refractivity contribution in [1.29, 1.82) is 0 Å². The Kier molecular flexibility index (Phi) is 7.14. The van der Waals surface area contributed by atoms with Gasteiger partial charge in [-0.25, -0.2) is 9.37 Å². The van der Waals surface area contributed by atoms with Gasteiger partial charge in [0.15, 0.2) is 0 Å². The molecule has 0 bridgehead atoms. The number of aromatic nitrogens is 2. The van der Waals surface area contributed by atoms with Crippen LogP contribution in [0.25, 0.3) is 11.0 Å². The highest BCUT2D eigenvalue weighted by Crippen LogP contribution is 2.15. The summed E-state index contributed by atoms with van der Waals surface area (Å²) in [7, 11) is 3.56. The molecule has 0 aliphatic rings. The fourth-order valence-electron chi connectivity index (χ4n) is 2.78. The van der Waals surface area contributed by atoms with Gasteiger partial charge in [0.05, 0.1) is 18.5 Å². The number of likely N-dealkylation sites (N-methyl/N-ethyl adjacent to an activating group) is 1. The zero-order chi connectivity index (χ0) is 21.3. The first-order chi connectivity index (χ1) is 14.6. The van der Waals surface area contributed by atoms with Crippen molar-refractivity contribution >= 4 is 16.7 Å². The molecule has 0 radical (unpaired) electrons. The minimum atomic E-state index is -0.368. The van der Waals surface area contributed by atoms with Gasteiger partial charge in [-0.15, -0.1) is 0 Å². The number of fused-ring (bicyclic) bond motifs is 1. The third kappa shape index (κ3) is 5.65. The molecule has 0 saturated heterocycles. The van der Waals surface area contributed by atoms with Crippen molar-refractivity contribution in [2.45, 2.75) is 0 Å². The molecule has 0 aliphatic carbocycles. The van der Waals surface area contributed by atoms with Gasteiger partial charge in [0.1, 0.15) is 17.2 Å². The number of azo groups is 1. The Morgan fingerprint density at radius 2 is 2.10 bits per heavy atom. The molecule has 2 heterocycles. The van der Waals surface area contributed by atoms with Crippen LogP contribution in [0, 0.1) is 17.7 Å². The van der Waals surface area contributed by atoms with Gasteiger partial charge in [-0.2, -0.15) is 10.2 Å². The summed E-state index contributed by atoms with van der Waals surface area (Å²) in [6.07, 6.45) is 2.84. The standard InChI is InChI=1S/C22H23FN6O/c1-24-28-20(15-30)14-25-9-10-29(2)21-7-4-16(5-8-21)3-6-19-12-17-11-18(23)13-26-22(17)27-19/h4-5,7-8,11-14,25,30H,9-10,15H2,1-2H3,(H,26,27)/b20-14-,28-24-. The minimum Gasteiger partial charge on any atom is -0.390 e. The van der Waals surface area contributed by atoms with Gasteiger partial charge in [0.25, 0.3) is 0 Å². The Morgan fingerprint density at radius 3 is 2.83 bits per heavy atom. The number of H-pyrrole nitrogens is 1. The molecule has 2 aromatic heterocycles. The van der Waals surface area contributed by atoms with Gasteiger partial charge in [0.2, 0.25) is 0 Å². The summed E-state index contributed by atoms with van der Waals surface area (Å²) in [4.78, 5) is 9.19. The third-order valence-corrected chi connectivity index (χ3v) is 4.34. The van der Waals surface area contributed by atoms with E-state index in [1.807, 2.05) is 31.3 Å². The lowest BCUT2D eigenvalue weighted by Crippen LogP contribution is -2.26. The van der Waals surface area contributed by atoms with E-state index in [-0.39, 0.29) is 12.4 Å². The Balaban J connectivity index is 1.57. The van der Waals surface area contributed by atoms with Crippen LogP contribution < -0.4 is 10.2 Å². The molecule has 3 N–H and O–H groups in total. The molecule has 0 fully saturated rings. The van der Waals surface area contributed by atoms with Crippen molar-refractivity contribution in [2.24, 2.45) is 10.2 Å². The molecular formula is C22H23FN6O. The monoisotopic (exact) mass is 406 g/mol. The summed E-state index contributed by atoms with van der Waals surface area (Å²) in [5.41, 5.74) is 3.73. The quantitative estimate of drug-likeness (QED) is 0.320. The molecule has 3 aromatic rings. The van der Waals surface area contributed by atoms with Gasteiger partial charge in [-0.3, -0.25) is 0 Å². The molecule has 154 valence electrons. The molecule has 8 heteroatoms. The van der Waals surface area contributed by atoms with Crippen molar-refractivity contribution in [1.82, 2.24) is 15.3 Å². The fraction of sp³-hybridized carbons (Fsp3) is 0.227. The Bertz CT molecular complexity index is 1110. The summed E-state index contributed by atoms with van der Waals surface area (Å²) in [5.74, 6) is 5.78. The summed E-state index contributed by atoms with van der Waals surface area (Å²) >= 11 is 0. The molecule has 0 atom stereocenters. The van der Waals surface area contributed by atoms with E-state index in [2.05, 4.69) is 42.3 Å². The van der Waals surface area contributed by atoms with Crippen LogP contribution in [0.5, 0.6) is 0 Å². The fourth-order valence-corrected chi connectivity index (χ4v) is 2.78. The van der Waals surface area contributed by atoms with E-state index >= 15 is 0 Å². The van der Waals surface area contributed by atoms with Crippen LogP contribution in [0.4, 0.5) is 10.1 Å². The maximum atomic E-state index is 13.2. The van der Waals surface area contributed by atoms with Crippen LogP contribution in [0.3, 0.4) is 0 Å². The lowest BCUT2D eigenvalue weighted by molar-refractivity contribution is 0.327. The van der Waals surface area contributed by atoms with Crippen molar-refractivity contribution in [3.8, 4) is 11.8 Å². The molecule has 0 aliphatic heterocycles. The summed E-state index contributed by atoms with van der Waals surface area (Å²) in [6, 6.07) is 11.1. The third-order valence-electron chi connectivity index (χ3n) is 4.34. The summed E-state index contributed by atoms with van der Waals surface area (Å²) < 4.78 is 13.2. The van der Waals surface area contributed by atoms with Crippen LogP contribution in [0.2, 0.25) is 0 Å². The van der Waals surface area contributed by atoms with Crippen LogP contribution in [0.15, 0.2) is 64.7 Å². The second kappa shape index (κ2) is 10.2. The number of pyridine rings is 1. The first-order valence-corrected chi connectivity index (χ1v) is 9.39. The predicted octanol–water partition coefficient (Wildman–Crippen LogP) is 3.04. The zero-order valence-electron chi connectivity index (χ0n) is 16.9. The number of nitrogens with one attached hydrogen (secondary N) is 2. The highest BCUT2D eigenvalue weighted by atomic mass is 19.1. The second-order valence-electron chi connectivity index (χ2n) is 6.54. The molecule has 0 spiro atoms. The average molecular weight is 406 g/mol. The van der Waals surface area contributed by atoms with Gasteiger partial charge in [-0.05, 0) is 42.3 Å². The summed E-state index contributed by atoms with van der Waals surface area (Å²) in [5, 5.41) is 20.4. The van der Waals surface area contributed by atoms with E-state index in [1.54, 1.807) is 19.3 Å². The number of nitrogens with zero attached hydrogens (tertiary/aromatic N) is 4. The van der Waals surface area contributed by atoms with E-state index in [0.29, 0.717) is 29.0 Å². The average Bonchev–Trinajstić information content (AvgIpc) is 3.16. The molecule has 7 nitrogen and oxygen atoms in total. The van der Waals surface area contributed by atoms with Crippen LogP contribution in [-0.2, 0) is 0 Å². The van der Waals surface area contributed by atoms with E-state index in [0.717, 1.165) is 17.8 Å². The number of aliphatic hydroxyl groups is 1. The lowest BCUT2D eigenvalue weighted by Gasteiger charge is -2.19. The largest absolute Gasteiger partial charge is 0.390 e. The van der Waals surface area contributed by atoms with Crippen molar-refractivity contribution in [3.63, 3.8) is 0 Å². The molecule has 0 amide bonds. The van der Waals surface area contributed by atoms with Crippen molar-refractivity contribution < 1.29 is 9.50 Å². The smallest absolute Gasteiger partial charge is 0.142 e. The topological polar surface area (TPSA) is 88.9 Å². The maximum Gasteiger partial charge on any atom is 0.142 e. The molecule has 30 heavy (non-hydrogen) atoms. The molecule has 1 aromatic carbocycles. The predicted molar refractivity (Wildman–Crippen MR) is 116 cm³/mol. The van der Waals surface area contributed by atoms with E-state index in [9.17, 15) is 4.39 Å². The SMILES string of the molecule is C/N=N\C(=C/NCCN(C)c1ccc(C#Cc2cc3cc(F)cnc3[nH]2)cc1)CO. The van der Waals surface area contributed by atoms with Crippen molar-refractivity contribution in [3.05, 3.63) is 71.6 Å². The number of benzene rings is 1. The highest BCUT2D eigenvalue weighted by molar-refractivity contribution is 5.77. The van der Waals surface area contributed by atoms with Gasteiger partial charge < -0.3 is 20.3 Å². The highest BCUT2D eigenvalue weighted by Gasteiger charge is 2.02. The molecule has 0 unspecified atom stereocenters. The van der Waals surface area contributed by atoms with Gasteiger partial charge in [0, 0.05) is 50.0 Å². The van der Waals surface area contributed by atoms with E-state index in [1.165, 1.54) is 12.3 Å². The summed E-state index contributed by atoms with van der Waals surface area (Å²) in [6.45, 7) is 1.30. The first-order valence-electron chi connectivity index (χ1n) is 9.39. The second-order valence-corrected chi connectivity index (χ2v) is 6.54. The number of hydrogen-bond donors (Lipinski definition) is 3. The Hall–Kier alpha value is -3.70.